The van der Waals surface area contributed by atoms with Gasteiger partial charge in [0.15, 0.2) is 5.82 Å². The molecule has 0 amide bonds. The third kappa shape index (κ3) is 5.61. The van der Waals surface area contributed by atoms with Crippen molar-refractivity contribution in [2.75, 3.05) is 6.61 Å². The van der Waals surface area contributed by atoms with Gasteiger partial charge in [0.2, 0.25) is 0 Å². The summed E-state index contributed by atoms with van der Waals surface area (Å²) in [6, 6.07) is 6.37. The molecule has 1 atom stereocenters. The van der Waals surface area contributed by atoms with Gasteiger partial charge in [0, 0.05) is 23.7 Å². The summed E-state index contributed by atoms with van der Waals surface area (Å²) < 4.78 is 6.66. The number of H-pyrrole nitrogens is 1. The van der Waals surface area contributed by atoms with Crippen molar-refractivity contribution >= 4 is 16.9 Å². The fourth-order valence-corrected chi connectivity index (χ4v) is 5.20. The van der Waals surface area contributed by atoms with E-state index in [4.69, 9.17) is 4.74 Å². The molecule has 9 heteroatoms. The van der Waals surface area contributed by atoms with Gasteiger partial charge >= 0.3 is 5.97 Å². The number of rotatable bonds is 9. The second-order valence-corrected chi connectivity index (χ2v) is 9.54. The van der Waals surface area contributed by atoms with Crippen molar-refractivity contribution in [3.05, 3.63) is 51.1 Å². The van der Waals surface area contributed by atoms with Crippen LogP contribution >= 0.6 is 0 Å². The number of tetrazole rings is 1. The number of aryl methyl sites for hydroxylation is 2. The maximum absolute atomic E-state index is 13.1. The van der Waals surface area contributed by atoms with Crippen LogP contribution in [0.25, 0.3) is 10.9 Å². The first-order chi connectivity index (χ1) is 16.9. The molecule has 0 saturated heterocycles. The zero-order chi connectivity index (χ0) is 24.9. The van der Waals surface area contributed by atoms with Crippen LogP contribution < -0.4 is 5.56 Å². The van der Waals surface area contributed by atoms with E-state index in [1.54, 1.807) is 11.6 Å². The maximum atomic E-state index is 13.1. The summed E-state index contributed by atoms with van der Waals surface area (Å²) in [5.41, 5.74) is 3.88. The largest absolute Gasteiger partial charge is 0.465 e. The summed E-state index contributed by atoms with van der Waals surface area (Å²) in [6.45, 7) is 8.80. The minimum Gasteiger partial charge on any atom is -0.465 e. The van der Waals surface area contributed by atoms with Gasteiger partial charge in [0.05, 0.1) is 12.6 Å². The molecule has 0 bridgehead atoms. The average Bonchev–Trinajstić information content (AvgIpc) is 3.29. The molecule has 0 unspecified atom stereocenters. The number of aromatic amines is 1. The zero-order valence-corrected chi connectivity index (χ0v) is 21.2. The van der Waals surface area contributed by atoms with E-state index in [2.05, 4.69) is 52.2 Å². The highest BCUT2D eigenvalue weighted by Crippen LogP contribution is 2.33. The minimum absolute atomic E-state index is 0.0274. The summed E-state index contributed by atoms with van der Waals surface area (Å²) in [5.74, 6) is 0.270. The molecule has 188 valence electrons. The molecule has 2 aromatic heterocycles. The van der Waals surface area contributed by atoms with Gasteiger partial charge in [-0.2, -0.15) is 0 Å². The number of hydrogen-bond acceptors (Lipinski definition) is 7. The van der Waals surface area contributed by atoms with E-state index in [-0.39, 0.29) is 24.1 Å². The van der Waals surface area contributed by atoms with Gasteiger partial charge in [-0.1, -0.05) is 26.2 Å². The minimum atomic E-state index is -0.364. The molecule has 0 spiro atoms. The van der Waals surface area contributed by atoms with Crippen molar-refractivity contribution in [1.29, 1.82) is 0 Å². The van der Waals surface area contributed by atoms with Crippen molar-refractivity contribution in [3.8, 4) is 0 Å². The number of carbonyl (C=O) groups excluding carboxylic acids is 1. The SMILES string of the molecule is CCOC(=O)Cn1nnnc1[C@H](CC)N(Cc1cc2cc(C)c(C)cc2[nH]c1=O)C1CCCCC1. The second kappa shape index (κ2) is 11.1. The first-order valence-corrected chi connectivity index (χ1v) is 12.7. The van der Waals surface area contributed by atoms with Crippen molar-refractivity contribution in [3.63, 3.8) is 0 Å². The van der Waals surface area contributed by atoms with Gasteiger partial charge < -0.3 is 9.72 Å². The molecule has 35 heavy (non-hydrogen) atoms. The van der Waals surface area contributed by atoms with Crippen molar-refractivity contribution in [1.82, 2.24) is 30.1 Å². The lowest BCUT2D eigenvalue weighted by Gasteiger charge is -2.39. The summed E-state index contributed by atoms with van der Waals surface area (Å²) in [4.78, 5) is 30.8. The van der Waals surface area contributed by atoms with Crippen molar-refractivity contribution in [2.24, 2.45) is 0 Å². The van der Waals surface area contributed by atoms with Gasteiger partial charge in [-0.15, -0.1) is 5.10 Å². The van der Waals surface area contributed by atoms with Crippen LogP contribution in [-0.2, 0) is 22.6 Å². The predicted octanol–water partition coefficient (Wildman–Crippen LogP) is 3.98. The number of benzene rings is 1. The number of esters is 1. The third-order valence-corrected chi connectivity index (χ3v) is 7.16. The maximum Gasteiger partial charge on any atom is 0.327 e. The lowest BCUT2D eigenvalue weighted by molar-refractivity contribution is -0.144. The first kappa shape index (κ1) is 25.0. The number of nitrogens with one attached hydrogen (secondary N) is 1. The van der Waals surface area contributed by atoms with Gasteiger partial charge in [-0.25, -0.2) is 4.68 Å². The van der Waals surface area contributed by atoms with E-state index in [1.807, 2.05) is 12.1 Å². The zero-order valence-electron chi connectivity index (χ0n) is 21.2. The molecule has 0 radical (unpaired) electrons. The molecule has 1 aliphatic carbocycles. The van der Waals surface area contributed by atoms with Crippen LogP contribution in [0.5, 0.6) is 0 Å². The Bertz CT molecular complexity index is 1230. The molecule has 1 aromatic carbocycles. The van der Waals surface area contributed by atoms with E-state index < -0.39 is 0 Å². The molecule has 1 fully saturated rings. The number of ether oxygens (including phenoxy) is 1. The van der Waals surface area contributed by atoms with E-state index in [9.17, 15) is 9.59 Å². The Morgan fingerprint density at radius 2 is 1.91 bits per heavy atom. The molecule has 0 aliphatic heterocycles. The summed E-state index contributed by atoms with van der Waals surface area (Å²) in [6.07, 6.45) is 6.45. The predicted molar refractivity (Wildman–Crippen MR) is 134 cm³/mol. The van der Waals surface area contributed by atoms with Crippen LogP contribution in [0.3, 0.4) is 0 Å². The van der Waals surface area contributed by atoms with Crippen molar-refractivity contribution < 1.29 is 9.53 Å². The fourth-order valence-electron chi connectivity index (χ4n) is 5.20. The monoisotopic (exact) mass is 480 g/mol. The van der Waals surface area contributed by atoms with Crippen LogP contribution in [0.2, 0.25) is 0 Å². The quantitative estimate of drug-likeness (QED) is 0.462. The summed E-state index contributed by atoms with van der Waals surface area (Å²) >= 11 is 0. The fraction of sp³-hybridized carbons (Fsp3) is 0.577. The molecule has 1 N–H and O–H groups in total. The van der Waals surface area contributed by atoms with E-state index in [0.29, 0.717) is 25.0 Å². The van der Waals surface area contributed by atoms with E-state index in [0.717, 1.165) is 54.1 Å². The second-order valence-electron chi connectivity index (χ2n) is 9.54. The van der Waals surface area contributed by atoms with E-state index in [1.165, 1.54) is 12.0 Å². The normalized spacial score (nSPS) is 15.6. The Balaban J connectivity index is 1.71. The highest BCUT2D eigenvalue weighted by atomic mass is 16.5. The Morgan fingerprint density at radius 3 is 2.63 bits per heavy atom. The van der Waals surface area contributed by atoms with Gasteiger partial charge in [0.25, 0.3) is 5.56 Å². The molecule has 1 aliphatic rings. The molecule has 1 saturated carbocycles. The Kier molecular flexibility index (Phi) is 7.95. The number of carbonyl (C=O) groups is 1. The van der Waals surface area contributed by atoms with E-state index >= 15 is 0 Å². The number of fused-ring (bicyclic) bond motifs is 1. The van der Waals surface area contributed by atoms with Crippen LogP contribution in [0.15, 0.2) is 23.0 Å². The summed E-state index contributed by atoms with van der Waals surface area (Å²) in [5, 5.41) is 13.3. The Labute approximate surface area is 205 Å². The number of aromatic nitrogens is 5. The smallest absolute Gasteiger partial charge is 0.327 e. The lowest BCUT2D eigenvalue weighted by Crippen LogP contribution is -2.41. The molecular formula is C26H36N6O3. The van der Waals surface area contributed by atoms with Gasteiger partial charge in [-0.3, -0.25) is 14.5 Å². The van der Waals surface area contributed by atoms with Crippen LogP contribution in [0, 0.1) is 13.8 Å². The number of nitrogens with zero attached hydrogens (tertiary/aromatic N) is 5. The Morgan fingerprint density at radius 1 is 1.17 bits per heavy atom. The Hall–Kier alpha value is -3.07. The molecule has 2 heterocycles. The molecule has 9 nitrogen and oxygen atoms in total. The topological polar surface area (TPSA) is 106 Å². The molecule has 4 rings (SSSR count). The molecular weight excluding hydrogens is 444 g/mol. The van der Waals surface area contributed by atoms with Crippen LogP contribution in [0.1, 0.15) is 80.9 Å². The number of hydrogen-bond donors (Lipinski definition) is 1. The third-order valence-electron chi connectivity index (χ3n) is 7.16. The summed E-state index contributed by atoms with van der Waals surface area (Å²) in [7, 11) is 0. The highest BCUT2D eigenvalue weighted by Gasteiger charge is 2.32. The molecule has 3 aromatic rings. The van der Waals surface area contributed by atoms with Gasteiger partial charge in [-0.05, 0) is 85.2 Å². The highest BCUT2D eigenvalue weighted by molar-refractivity contribution is 5.80. The lowest BCUT2D eigenvalue weighted by atomic mass is 9.92. The van der Waals surface area contributed by atoms with Crippen molar-refractivity contribution in [2.45, 2.75) is 91.4 Å². The number of pyridine rings is 1. The van der Waals surface area contributed by atoms with Crippen LogP contribution in [-0.4, -0.2) is 48.7 Å². The first-order valence-electron chi connectivity index (χ1n) is 12.7. The van der Waals surface area contributed by atoms with Crippen LogP contribution in [0.4, 0.5) is 0 Å². The standard InChI is InChI=1S/C26H36N6O3/c1-5-23(25-28-29-30-32(25)16-24(33)35-6-2)31(21-10-8-7-9-11-21)15-20-14-19-12-17(3)18(4)13-22(19)27-26(20)34/h12-14,21,23H,5-11,15-16H2,1-4H3,(H,27,34)/t23-/m0/s1. The van der Waals surface area contributed by atoms with Gasteiger partial charge in [0.1, 0.15) is 6.54 Å². The average molecular weight is 481 g/mol.